The van der Waals surface area contributed by atoms with Gasteiger partial charge in [0.15, 0.2) is 23.2 Å². The van der Waals surface area contributed by atoms with Crippen LogP contribution < -0.4 is 15.7 Å². The molecular weight excluding hydrogens is 431 g/mol. The van der Waals surface area contributed by atoms with Crippen molar-refractivity contribution in [2.24, 2.45) is 0 Å². The Labute approximate surface area is 179 Å². The molecule has 0 aliphatic carbocycles. The van der Waals surface area contributed by atoms with Crippen molar-refractivity contribution in [3.05, 3.63) is 6.33 Å². The number of hydrogen-bond donors (Lipinski definition) is 3. The van der Waals surface area contributed by atoms with Gasteiger partial charge in [-0.2, -0.15) is 9.97 Å². The van der Waals surface area contributed by atoms with Crippen molar-refractivity contribution in [3.8, 4) is 0 Å². The van der Waals surface area contributed by atoms with Gasteiger partial charge < -0.3 is 30.0 Å². The summed E-state index contributed by atoms with van der Waals surface area (Å²) < 4.78 is 18.0. The zero-order valence-corrected chi connectivity index (χ0v) is 18.9. The lowest BCUT2D eigenvalue weighted by atomic mass is 10.2. The first kappa shape index (κ1) is 22.5. The fourth-order valence-electron chi connectivity index (χ4n) is 3.01. The van der Waals surface area contributed by atoms with E-state index < -0.39 is 25.3 Å². The maximum atomic E-state index is 11.5. The highest BCUT2D eigenvalue weighted by Gasteiger charge is 2.34. The number of nitrogens with two attached hydrogens (primary N) is 1. The number of nitrogens with one attached hydrogen (secondary N) is 2. The topological polar surface area (TPSA) is 153 Å². The molecule has 0 spiro atoms. The lowest BCUT2D eigenvalue weighted by Crippen LogP contribution is -2.30. The average Bonchev–Trinajstić information content (AvgIpc) is 3.27. The molecule has 1 saturated heterocycles. The van der Waals surface area contributed by atoms with Crippen LogP contribution in [0.25, 0.3) is 11.2 Å². The van der Waals surface area contributed by atoms with E-state index in [4.69, 9.17) is 32.2 Å². The number of carbonyl (C=O) groups excluding carboxylic acids is 1. The van der Waals surface area contributed by atoms with E-state index in [9.17, 15) is 4.79 Å². The molecule has 3 heterocycles. The molecule has 0 radical (unpaired) electrons. The minimum atomic E-state index is -1.85. The van der Waals surface area contributed by atoms with Gasteiger partial charge in [-0.05, 0) is 6.92 Å². The van der Waals surface area contributed by atoms with E-state index in [1.807, 2.05) is 14.1 Å². The molecule has 0 bridgehead atoms. The predicted octanol–water partition coefficient (Wildman–Crippen LogP) is 0.456. The van der Waals surface area contributed by atoms with Crippen LogP contribution in [0.1, 0.15) is 19.6 Å². The SMILES string of the molecule is COC(=O)[C@H](C)N[PH](=S)OC[C@@H]1CC(=N)[C@H](n2cnc3c(N(C)C)nc(N)nc32)O1. The van der Waals surface area contributed by atoms with Crippen molar-refractivity contribution >= 4 is 53.5 Å². The number of methoxy groups -OCH3 is 1. The van der Waals surface area contributed by atoms with Crippen LogP contribution >= 0.6 is 7.07 Å². The summed E-state index contributed by atoms with van der Waals surface area (Å²) in [7, 11) is 3.14. The van der Waals surface area contributed by atoms with Crippen LogP contribution in [0.5, 0.6) is 0 Å². The van der Waals surface area contributed by atoms with Crippen LogP contribution in [0.3, 0.4) is 0 Å². The molecule has 1 unspecified atom stereocenters. The first-order valence-corrected chi connectivity index (χ1v) is 11.7. The molecule has 0 aromatic carbocycles. The van der Waals surface area contributed by atoms with Gasteiger partial charge in [0.1, 0.15) is 13.1 Å². The highest BCUT2D eigenvalue weighted by molar-refractivity contribution is 8.02. The van der Waals surface area contributed by atoms with Gasteiger partial charge in [0.25, 0.3) is 0 Å². The quantitative estimate of drug-likeness (QED) is 0.375. The lowest BCUT2D eigenvalue weighted by Gasteiger charge is -2.17. The van der Waals surface area contributed by atoms with E-state index in [1.54, 1.807) is 22.7 Å². The molecular formula is C16H25N8O4PS. The number of carbonyl (C=O) groups is 1. The second kappa shape index (κ2) is 9.31. The Bertz CT molecular complexity index is 984. The van der Waals surface area contributed by atoms with Crippen LogP contribution in [-0.2, 0) is 30.6 Å². The zero-order chi connectivity index (χ0) is 22.0. The smallest absolute Gasteiger partial charge is 0.322 e. The van der Waals surface area contributed by atoms with Gasteiger partial charge in [0, 0.05) is 20.5 Å². The molecule has 2 aromatic rings. The van der Waals surface area contributed by atoms with Gasteiger partial charge in [0.05, 0.1) is 31.9 Å². The fourth-order valence-corrected chi connectivity index (χ4v) is 4.64. The van der Waals surface area contributed by atoms with E-state index in [-0.39, 0.29) is 18.7 Å². The monoisotopic (exact) mass is 456 g/mol. The third kappa shape index (κ3) is 4.76. The summed E-state index contributed by atoms with van der Waals surface area (Å²) in [6, 6.07) is -0.551. The maximum Gasteiger partial charge on any atom is 0.322 e. The number of ether oxygens (including phenoxy) is 2. The maximum absolute atomic E-state index is 11.5. The molecule has 12 nitrogen and oxygen atoms in total. The number of anilines is 2. The first-order valence-electron chi connectivity index (χ1n) is 9.12. The van der Waals surface area contributed by atoms with E-state index >= 15 is 0 Å². The summed E-state index contributed by atoms with van der Waals surface area (Å²) in [4.78, 5) is 26.1. The third-order valence-corrected chi connectivity index (χ3v) is 6.26. The number of fused-ring (bicyclic) bond motifs is 1. The molecule has 0 saturated carbocycles. The number of esters is 1. The normalized spacial score (nSPS) is 21.0. The van der Waals surface area contributed by atoms with Crippen LogP contribution in [0, 0.1) is 5.41 Å². The van der Waals surface area contributed by atoms with E-state index in [0.717, 1.165) is 0 Å². The standard InChI is InChI=1S/C16H25N8O4PS/c1-8(15(25)26-4)22-29(30)27-6-9-5-10(17)14(28-9)24-7-19-11-12(23(2)3)20-16(18)21-13(11)24/h7-9,14,17,29H,5-6H2,1-4H3,(H,22,30)(H2,18,20,21)/t8-,9-,14+/m0/s1. The lowest BCUT2D eigenvalue weighted by molar-refractivity contribution is -0.142. The first-order chi connectivity index (χ1) is 14.2. The Hall–Kier alpha value is -2.18. The number of hydrogen-bond acceptors (Lipinski definition) is 11. The molecule has 1 aliphatic heterocycles. The Kier molecular flexibility index (Phi) is 6.98. The van der Waals surface area contributed by atoms with Gasteiger partial charge in [-0.15, -0.1) is 0 Å². The Morgan fingerprint density at radius 1 is 1.57 bits per heavy atom. The summed E-state index contributed by atoms with van der Waals surface area (Å²) in [5.41, 5.74) is 7.27. The van der Waals surface area contributed by atoms with Crippen LogP contribution in [0.4, 0.5) is 11.8 Å². The second-order valence-electron chi connectivity index (χ2n) is 6.95. The minimum Gasteiger partial charge on any atom is -0.468 e. The largest absolute Gasteiger partial charge is 0.468 e. The van der Waals surface area contributed by atoms with Crippen molar-refractivity contribution in [3.63, 3.8) is 0 Å². The van der Waals surface area contributed by atoms with Gasteiger partial charge >= 0.3 is 5.97 Å². The number of nitrogen functional groups attached to an aromatic ring is 1. The van der Waals surface area contributed by atoms with E-state index in [2.05, 4.69) is 24.8 Å². The molecule has 4 atom stereocenters. The highest BCUT2D eigenvalue weighted by Crippen LogP contribution is 2.31. The van der Waals surface area contributed by atoms with Gasteiger partial charge in [-0.3, -0.25) is 14.4 Å². The molecule has 164 valence electrons. The number of imidazole rings is 1. The number of rotatable bonds is 8. The summed E-state index contributed by atoms with van der Waals surface area (Å²) >= 11 is 5.27. The molecule has 4 N–H and O–H groups in total. The number of aromatic nitrogens is 4. The fraction of sp³-hybridized carbons (Fsp3) is 0.562. The summed E-state index contributed by atoms with van der Waals surface area (Å²) in [6.45, 7) is 1.86. The van der Waals surface area contributed by atoms with Gasteiger partial charge in [-0.25, -0.2) is 4.98 Å². The number of nitrogens with zero attached hydrogens (tertiary/aromatic N) is 5. The van der Waals surface area contributed by atoms with Crippen LogP contribution in [0.15, 0.2) is 6.33 Å². The van der Waals surface area contributed by atoms with Gasteiger partial charge in [0.2, 0.25) is 5.95 Å². The molecule has 0 amide bonds. The van der Waals surface area contributed by atoms with Crippen molar-refractivity contribution < 1.29 is 18.8 Å². The van der Waals surface area contributed by atoms with Crippen LogP contribution in [-0.4, -0.2) is 71.2 Å². The molecule has 3 rings (SSSR count). The highest BCUT2D eigenvalue weighted by atomic mass is 32.4. The minimum absolute atomic E-state index is 0.113. The Morgan fingerprint density at radius 2 is 2.30 bits per heavy atom. The van der Waals surface area contributed by atoms with Crippen molar-refractivity contribution in [2.75, 3.05) is 38.4 Å². The van der Waals surface area contributed by atoms with Gasteiger partial charge in [-0.1, -0.05) is 11.8 Å². The summed E-state index contributed by atoms with van der Waals surface area (Å²) in [5, 5.41) is 11.3. The molecule has 1 aliphatic rings. The molecule has 30 heavy (non-hydrogen) atoms. The molecule has 14 heteroatoms. The Balaban J connectivity index is 1.68. The summed E-state index contributed by atoms with van der Waals surface area (Å²) in [6.07, 6.45) is 0.916. The van der Waals surface area contributed by atoms with Crippen molar-refractivity contribution in [1.82, 2.24) is 24.6 Å². The van der Waals surface area contributed by atoms with Crippen LogP contribution in [0.2, 0.25) is 0 Å². The van der Waals surface area contributed by atoms with Crippen molar-refractivity contribution in [1.29, 1.82) is 5.41 Å². The second-order valence-corrected chi connectivity index (χ2v) is 9.22. The molecule has 1 fully saturated rings. The zero-order valence-electron chi connectivity index (χ0n) is 17.1. The van der Waals surface area contributed by atoms with E-state index in [1.165, 1.54) is 7.11 Å². The van der Waals surface area contributed by atoms with E-state index in [0.29, 0.717) is 29.1 Å². The molecule has 2 aromatic heterocycles. The summed E-state index contributed by atoms with van der Waals surface area (Å²) in [5.74, 6) is 0.293. The third-order valence-electron chi connectivity index (χ3n) is 4.45. The average molecular weight is 456 g/mol. The predicted molar refractivity (Wildman–Crippen MR) is 117 cm³/mol. The van der Waals surface area contributed by atoms with Crippen molar-refractivity contribution in [2.45, 2.75) is 31.7 Å². The Morgan fingerprint density at radius 3 is 2.97 bits per heavy atom.